The minimum atomic E-state index is -0.250. The number of oxazole rings is 1. The highest BCUT2D eigenvalue weighted by molar-refractivity contribution is 6.07. The van der Waals surface area contributed by atoms with E-state index in [2.05, 4.69) is 10.1 Å². The number of halogens is 1. The van der Waals surface area contributed by atoms with Gasteiger partial charge in [0.05, 0.1) is 17.4 Å². The molecule has 1 aliphatic heterocycles. The Balaban J connectivity index is 1.54. The molecule has 138 valence electrons. The molecular formula is C20H19FN4O2. The van der Waals surface area contributed by atoms with Gasteiger partial charge in [-0.05, 0) is 31.9 Å². The van der Waals surface area contributed by atoms with Crippen LogP contribution in [0.15, 0.2) is 35.0 Å². The normalized spacial score (nSPS) is 17.2. The minimum Gasteiger partial charge on any atom is -0.440 e. The van der Waals surface area contributed by atoms with Crippen molar-refractivity contribution in [3.63, 3.8) is 0 Å². The second-order valence-electron chi connectivity index (χ2n) is 7.49. The predicted molar refractivity (Wildman–Crippen MR) is 97.0 cm³/mol. The number of carbonyl (C=O) groups is 1. The van der Waals surface area contributed by atoms with Crippen LogP contribution in [-0.2, 0) is 12.5 Å². The molecule has 0 radical (unpaired) electrons. The Hall–Kier alpha value is -2.96. The van der Waals surface area contributed by atoms with Gasteiger partial charge in [-0.1, -0.05) is 12.5 Å². The number of benzene rings is 1. The SMILES string of the molecule is Cc1oc(-c2cnn(C)c2)nc1C(=O)N1CC2(CCC2)c2c(F)cccc21. The van der Waals surface area contributed by atoms with Crippen LogP contribution in [0.25, 0.3) is 11.5 Å². The zero-order valence-electron chi connectivity index (χ0n) is 15.2. The topological polar surface area (TPSA) is 64.2 Å². The van der Waals surface area contributed by atoms with Crippen LogP contribution in [0.5, 0.6) is 0 Å². The van der Waals surface area contributed by atoms with E-state index in [1.54, 1.807) is 42.0 Å². The summed E-state index contributed by atoms with van der Waals surface area (Å²) < 4.78 is 21.9. The summed E-state index contributed by atoms with van der Waals surface area (Å²) in [4.78, 5) is 19.4. The summed E-state index contributed by atoms with van der Waals surface area (Å²) in [7, 11) is 1.80. The maximum atomic E-state index is 14.6. The van der Waals surface area contributed by atoms with Crippen molar-refractivity contribution in [2.45, 2.75) is 31.6 Å². The molecule has 2 aliphatic rings. The van der Waals surface area contributed by atoms with Crippen LogP contribution < -0.4 is 4.90 Å². The third kappa shape index (κ3) is 2.27. The fourth-order valence-corrected chi connectivity index (χ4v) is 4.30. The van der Waals surface area contributed by atoms with Crippen molar-refractivity contribution in [2.24, 2.45) is 7.05 Å². The molecule has 3 heterocycles. The molecule has 1 fully saturated rings. The van der Waals surface area contributed by atoms with Crippen molar-refractivity contribution in [3.8, 4) is 11.5 Å². The lowest BCUT2D eigenvalue weighted by molar-refractivity contribution is 0.0973. The first-order chi connectivity index (χ1) is 13.0. The smallest absolute Gasteiger partial charge is 0.280 e. The monoisotopic (exact) mass is 366 g/mol. The van der Waals surface area contributed by atoms with Crippen LogP contribution in [0, 0.1) is 12.7 Å². The van der Waals surface area contributed by atoms with E-state index in [0.717, 1.165) is 19.3 Å². The molecule has 27 heavy (non-hydrogen) atoms. The molecule has 2 aromatic heterocycles. The van der Waals surface area contributed by atoms with Gasteiger partial charge in [0.2, 0.25) is 5.89 Å². The van der Waals surface area contributed by atoms with E-state index in [9.17, 15) is 9.18 Å². The van der Waals surface area contributed by atoms with Gasteiger partial charge in [-0.15, -0.1) is 0 Å². The molecule has 5 rings (SSSR count). The van der Waals surface area contributed by atoms with Gasteiger partial charge in [0.25, 0.3) is 5.91 Å². The van der Waals surface area contributed by atoms with Gasteiger partial charge in [-0.3, -0.25) is 9.48 Å². The van der Waals surface area contributed by atoms with Gasteiger partial charge in [0.15, 0.2) is 5.69 Å². The van der Waals surface area contributed by atoms with Crippen LogP contribution in [0.4, 0.5) is 10.1 Å². The molecule has 1 saturated carbocycles. The fraction of sp³-hybridized carbons (Fsp3) is 0.350. The van der Waals surface area contributed by atoms with Crippen LogP contribution >= 0.6 is 0 Å². The second kappa shape index (κ2) is 5.52. The van der Waals surface area contributed by atoms with E-state index < -0.39 is 0 Å². The van der Waals surface area contributed by atoms with E-state index in [0.29, 0.717) is 35.0 Å². The van der Waals surface area contributed by atoms with Gasteiger partial charge in [0.1, 0.15) is 11.6 Å². The standard InChI is InChI=1S/C20H19FN4O2/c1-12-17(23-18(27-12)13-9-22-24(2)10-13)19(26)25-11-20(7-4-8-20)16-14(21)5-3-6-15(16)25/h3,5-6,9-10H,4,7-8,11H2,1-2H3. The fourth-order valence-electron chi connectivity index (χ4n) is 4.30. The number of hydrogen-bond acceptors (Lipinski definition) is 4. The van der Waals surface area contributed by atoms with Crippen molar-refractivity contribution in [2.75, 3.05) is 11.4 Å². The molecule has 7 heteroatoms. The van der Waals surface area contributed by atoms with E-state index in [1.165, 1.54) is 6.07 Å². The van der Waals surface area contributed by atoms with Crippen LogP contribution in [0.2, 0.25) is 0 Å². The summed E-state index contributed by atoms with van der Waals surface area (Å²) in [5.74, 6) is 0.338. The maximum absolute atomic E-state index is 14.6. The predicted octanol–water partition coefficient (Wildman–Crippen LogP) is 3.60. The molecule has 0 atom stereocenters. The lowest BCUT2D eigenvalue weighted by Crippen LogP contribution is -2.42. The quantitative estimate of drug-likeness (QED) is 0.695. The molecule has 0 bridgehead atoms. The van der Waals surface area contributed by atoms with Crippen LogP contribution in [-0.4, -0.2) is 27.2 Å². The van der Waals surface area contributed by atoms with Crippen LogP contribution in [0.3, 0.4) is 0 Å². The molecule has 0 saturated heterocycles. The van der Waals surface area contributed by atoms with Gasteiger partial charge < -0.3 is 9.32 Å². The molecule has 1 aromatic carbocycles. The first-order valence-corrected chi connectivity index (χ1v) is 9.06. The van der Waals surface area contributed by atoms with Crippen molar-refractivity contribution >= 4 is 11.6 Å². The Kier molecular flexibility index (Phi) is 3.32. The molecule has 1 aliphatic carbocycles. The van der Waals surface area contributed by atoms with Gasteiger partial charge in [-0.25, -0.2) is 9.37 Å². The zero-order chi connectivity index (χ0) is 18.8. The number of nitrogens with zero attached hydrogens (tertiary/aromatic N) is 4. The van der Waals surface area contributed by atoms with Crippen LogP contribution in [0.1, 0.15) is 41.1 Å². The largest absolute Gasteiger partial charge is 0.440 e. The van der Waals surface area contributed by atoms with Gasteiger partial charge in [0, 0.05) is 30.8 Å². The number of hydrogen-bond donors (Lipinski definition) is 0. The summed E-state index contributed by atoms with van der Waals surface area (Å²) in [5, 5.41) is 4.11. The Morgan fingerprint density at radius 2 is 2.15 bits per heavy atom. The second-order valence-corrected chi connectivity index (χ2v) is 7.49. The number of aromatic nitrogens is 3. The molecule has 0 unspecified atom stereocenters. The van der Waals surface area contributed by atoms with Crippen molar-refractivity contribution in [3.05, 3.63) is 53.4 Å². The lowest BCUT2D eigenvalue weighted by atomic mass is 9.65. The Morgan fingerprint density at radius 1 is 1.33 bits per heavy atom. The van der Waals surface area contributed by atoms with Crippen molar-refractivity contribution in [1.29, 1.82) is 0 Å². The molecule has 3 aromatic rings. The van der Waals surface area contributed by atoms with E-state index in [4.69, 9.17) is 4.42 Å². The molecule has 0 N–H and O–H groups in total. The molecular weight excluding hydrogens is 347 g/mol. The summed E-state index contributed by atoms with van der Waals surface area (Å²) in [6.07, 6.45) is 6.30. The zero-order valence-corrected chi connectivity index (χ0v) is 15.2. The Labute approximate surface area is 155 Å². The summed E-state index contributed by atoms with van der Waals surface area (Å²) >= 11 is 0. The van der Waals surface area contributed by atoms with E-state index >= 15 is 0 Å². The summed E-state index contributed by atoms with van der Waals surface area (Å²) in [6.45, 7) is 2.22. The summed E-state index contributed by atoms with van der Waals surface area (Å²) in [6, 6.07) is 4.96. The number of fused-ring (bicyclic) bond motifs is 2. The number of amides is 1. The lowest BCUT2D eigenvalue weighted by Gasteiger charge is -2.38. The minimum absolute atomic E-state index is 0.226. The van der Waals surface area contributed by atoms with Gasteiger partial charge >= 0.3 is 0 Å². The highest BCUT2D eigenvalue weighted by Crippen LogP contribution is 2.53. The number of anilines is 1. The molecule has 1 spiro atoms. The third-order valence-corrected chi connectivity index (χ3v) is 5.78. The van der Waals surface area contributed by atoms with Gasteiger partial charge in [-0.2, -0.15) is 5.10 Å². The number of rotatable bonds is 2. The molecule has 1 amide bonds. The Morgan fingerprint density at radius 3 is 2.81 bits per heavy atom. The highest BCUT2D eigenvalue weighted by atomic mass is 19.1. The third-order valence-electron chi connectivity index (χ3n) is 5.78. The first-order valence-electron chi connectivity index (χ1n) is 9.06. The number of carbonyl (C=O) groups excluding carboxylic acids is 1. The number of aryl methyl sites for hydroxylation is 2. The van der Waals surface area contributed by atoms with Crippen molar-refractivity contribution < 1.29 is 13.6 Å². The average molecular weight is 366 g/mol. The Bertz CT molecular complexity index is 1060. The van der Waals surface area contributed by atoms with E-state index in [1.807, 2.05) is 6.07 Å². The van der Waals surface area contributed by atoms with Crippen molar-refractivity contribution in [1.82, 2.24) is 14.8 Å². The average Bonchev–Trinajstić information content (AvgIpc) is 3.29. The van der Waals surface area contributed by atoms with E-state index in [-0.39, 0.29) is 22.8 Å². The highest BCUT2D eigenvalue weighted by Gasteiger charge is 2.50. The summed E-state index contributed by atoms with van der Waals surface area (Å²) in [5.41, 5.74) is 2.06. The molecule has 6 nitrogen and oxygen atoms in total. The maximum Gasteiger partial charge on any atom is 0.280 e. The first kappa shape index (κ1) is 16.2.